The van der Waals surface area contributed by atoms with E-state index in [1.807, 2.05) is 30.3 Å². The second-order valence-corrected chi connectivity index (χ2v) is 5.50. The molecule has 0 saturated heterocycles. The molecule has 1 atom stereocenters. The summed E-state index contributed by atoms with van der Waals surface area (Å²) in [6.45, 7) is 2.81. The fraction of sp³-hybridized carbons (Fsp3) is 0.467. The lowest BCUT2D eigenvalue weighted by Gasteiger charge is -2.21. The highest BCUT2D eigenvalue weighted by molar-refractivity contribution is 5.84. The molecule has 3 N–H and O–H groups in total. The molecule has 20 heavy (non-hydrogen) atoms. The van der Waals surface area contributed by atoms with Crippen LogP contribution in [0.4, 0.5) is 0 Å². The number of rotatable bonds is 7. The van der Waals surface area contributed by atoms with E-state index in [0.717, 1.165) is 5.56 Å². The highest BCUT2D eigenvalue weighted by Gasteiger charge is 2.30. The van der Waals surface area contributed by atoms with Crippen molar-refractivity contribution >= 4 is 11.9 Å². The van der Waals surface area contributed by atoms with Gasteiger partial charge in [0.15, 0.2) is 0 Å². The minimum absolute atomic E-state index is 0.117. The van der Waals surface area contributed by atoms with Gasteiger partial charge in [0.2, 0.25) is 5.91 Å². The van der Waals surface area contributed by atoms with Crippen molar-refractivity contribution in [2.45, 2.75) is 32.7 Å². The Balaban J connectivity index is 2.56. The summed E-state index contributed by atoms with van der Waals surface area (Å²) < 4.78 is 0. The van der Waals surface area contributed by atoms with Crippen LogP contribution in [-0.4, -0.2) is 34.7 Å². The molecule has 1 rings (SSSR count). The highest BCUT2D eigenvalue weighted by atomic mass is 16.4. The van der Waals surface area contributed by atoms with Crippen LogP contribution in [-0.2, 0) is 16.0 Å². The van der Waals surface area contributed by atoms with E-state index in [2.05, 4.69) is 5.32 Å². The van der Waals surface area contributed by atoms with Crippen LogP contribution < -0.4 is 5.32 Å². The summed E-state index contributed by atoms with van der Waals surface area (Å²) in [6, 6.07) is 9.09. The van der Waals surface area contributed by atoms with Gasteiger partial charge in [0.05, 0.1) is 18.1 Å². The Kier molecular flexibility index (Phi) is 5.70. The molecule has 5 nitrogen and oxygen atoms in total. The molecule has 0 aliphatic rings. The number of aliphatic carboxylic acids is 1. The summed E-state index contributed by atoms with van der Waals surface area (Å²) in [4.78, 5) is 22.8. The summed E-state index contributed by atoms with van der Waals surface area (Å²) in [5, 5.41) is 21.0. The molecule has 0 aliphatic carbocycles. The van der Waals surface area contributed by atoms with Crippen molar-refractivity contribution in [2.75, 3.05) is 6.61 Å². The summed E-state index contributed by atoms with van der Waals surface area (Å²) in [6.07, 6.45) is 0.393. The molecule has 0 heterocycles. The van der Waals surface area contributed by atoms with Crippen molar-refractivity contribution < 1.29 is 19.8 Å². The van der Waals surface area contributed by atoms with Crippen LogP contribution in [0.5, 0.6) is 0 Å². The van der Waals surface area contributed by atoms with E-state index in [9.17, 15) is 14.7 Å². The number of nitrogens with one attached hydrogen (secondary N) is 1. The Morgan fingerprint density at radius 1 is 1.25 bits per heavy atom. The number of carbonyl (C=O) groups is 2. The zero-order chi connectivity index (χ0) is 15.2. The van der Waals surface area contributed by atoms with Crippen molar-refractivity contribution in [3.63, 3.8) is 0 Å². The van der Waals surface area contributed by atoms with Gasteiger partial charge in [-0.05, 0) is 25.8 Å². The van der Waals surface area contributed by atoms with E-state index in [-0.39, 0.29) is 18.9 Å². The van der Waals surface area contributed by atoms with Gasteiger partial charge >= 0.3 is 5.97 Å². The second kappa shape index (κ2) is 7.05. The van der Waals surface area contributed by atoms with Crippen LogP contribution in [0.15, 0.2) is 30.3 Å². The van der Waals surface area contributed by atoms with Gasteiger partial charge in [-0.2, -0.15) is 0 Å². The Labute approximate surface area is 118 Å². The Morgan fingerprint density at radius 3 is 2.35 bits per heavy atom. The molecule has 0 aromatic heterocycles. The van der Waals surface area contributed by atoms with Gasteiger partial charge in [-0.15, -0.1) is 0 Å². The normalized spacial score (nSPS) is 12.8. The molecule has 1 aromatic rings. The van der Waals surface area contributed by atoms with Crippen LogP contribution in [0.1, 0.15) is 25.8 Å². The smallest absolute Gasteiger partial charge is 0.309 e. The molecule has 0 radical (unpaired) electrons. The van der Waals surface area contributed by atoms with Crippen LogP contribution in [0.2, 0.25) is 0 Å². The Hall–Kier alpha value is -1.88. The van der Waals surface area contributed by atoms with Crippen LogP contribution in [0, 0.1) is 5.41 Å². The fourth-order valence-electron chi connectivity index (χ4n) is 1.82. The zero-order valence-electron chi connectivity index (χ0n) is 11.8. The first kappa shape index (κ1) is 16.2. The van der Waals surface area contributed by atoms with Gasteiger partial charge in [-0.3, -0.25) is 9.59 Å². The van der Waals surface area contributed by atoms with Gasteiger partial charge in [0, 0.05) is 6.42 Å². The van der Waals surface area contributed by atoms with Crippen LogP contribution in [0.3, 0.4) is 0 Å². The third-order valence-corrected chi connectivity index (χ3v) is 3.09. The van der Waals surface area contributed by atoms with E-state index in [0.29, 0.717) is 6.42 Å². The number of aliphatic hydroxyl groups is 1. The quantitative estimate of drug-likeness (QED) is 0.700. The van der Waals surface area contributed by atoms with E-state index in [1.165, 1.54) is 13.8 Å². The first-order valence-corrected chi connectivity index (χ1v) is 6.52. The molecule has 0 saturated carbocycles. The van der Waals surface area contributed by atoms with Crippen LogP contribution in [0.25, 0.3) is 0 Å². The van der Waals surface area contributed by atoms with Crippen molar-refractivity contribution in [1.29, 1.82) is 0 Å². The maximum absolute atomic E-state index is 11.8. The van der Waals surface area contributed by atoms with E-state index >= 15 is 0 Å². The average Bonchev–Trinajstić information content (AvgIpc) is 2.38. The second-order valence-electron chi connectivity index (χ2n) is 5.50. The largest absolute Gasteiger partial charge is 0.481 e. The van der Waals surface area contributed by atoms with Gasteiger partial charge in [0.25, 0.3) is 0 Å². The fourth-order valence-corrected chi connectivity index (χ4v) is 1.82. The number of hydrogen-bond donors (Lipinski definition) is 3. The summed E-state index contributed by atoms with van der Waals surface area (Å²) >= 11 is 0. The predicted molar refractivity (Wildman–Crippen MR) is 75.2 cm³/mol. The average molecular weight is 279 g/mol. The molecule has 0 bridgehead atoms. The van der Waals surface area contributed by atoms with Gasteiger partial charge in [0.1, 0.15) is 0 Å². The third-order valence-electron chi connectivity index (χ3n) is 3.09. The third kappa shape index (κ3) is 5.01. The Morgan fingerprint density at radius 2 is 1.85 bits per heavy atom. The standard InChI is InChI=1S/C15H21NO4/c1-15(2,14(19)20)9-13(18)16-12(10-17)8-11-6-4-3-5-7-11/h3-7,12,17H,8-10H2,1-2H3,(H,16,18)(H,19,20)/t12-/m1/s1. The molecule has 0 unspecified atom stereocenters. The molecule has 0 fully saturated rings. The van der Waals surface area contributed by atoms with Crippen molar-refractivity contribution in [3.8, 4) is 0 Å². The first-order valence-electron chi connectivity index (χ1n) is 6.52. The van der Waals surface area contributed by atoms with Crippen molar-refractivity contribution in [3.05, 3.63) is 35.9 Å². The maximum atomic E-state index is 11.8. The zero-order valence-corrected chi connectivity index (χ0v) is 11.8. The SMILES string of the molecule is CC(C)(CC(=O)N[C@@H](CO)Cc1ccccc1)C(=O)O. The topological polar surface area (TPSA) is 86.6 Å². The number of carbonyl (C=O) groups excluding carboxylic acids is 1. The molecular weight excluding hydrogens is 258 g/mol. The molecule has 110 valence electrons. The number of hydrogen-bond acceptors (Lipinski definition) is 3. The minimum Gasteiger partial charge on any atom is -0.481 e. The number of carboxylic acid groups (broad SMARTS) is 1. The maximum Gasteiger partial charge on any atom is 0.309 e. The van der Waals surface area contributed by atoms with Gasteiger partial charge < -0.3 is 15.5 Å². The van der Waals surface area contributed by atoms with Gasteiger partial charge in [-0.1, -0.05) is 30.3 Å². The minimum atomic E-state index is -1.11. The molecule has 1 amide bonds. The first-order chi connectivity index (χ1) is 9.35. The lowest BCUT2D eigenvalue weighted by Crippen LogP contribution is -2.42. The lowest BCUT2D eigenvalue weighted by molar-refractivity contribution is -0.149. The summed E-state index contributed by atoms with van der Waals surface area (Å²) in [5.41, 5.74) is -0.110. The monoisotopic (exact) mass is 279 g/mol. The van der Waals surface area contributed by atoms with Crippen LogP contribution >= 0.6 is 0 Å². The van der Waals surface area contributed by atoms with Crippen molar-refractivity contribution in [1.82, 2.24) is 5.32 Å². The van der Waals surface area contributed by atoms with E-state index < -0.39 is 17.4 Å². The molecule has 0 aliphatic heterocycles. The molecular formula is C15H21NO4. The summed E-state index contributed by atoms with van der Waals surface area (Å²) in [5.74, 6) is -1.39. The van der Waals surface area contributed by atoms with E-state index in [1.54, 1.807) is 0 Å². The van der Waals surface area contributed by atoms with E-state index in [4.69, 9.17) is 5.11 Å². The predicted octanol–water partition coefficient (Wildman–Crippen LogP) is 1.21. The molecule has 1 aromatic carbocycles. The lowest BCUT2D eigenvalue weighted by atomic mass is 9.89. The number of amides is 1. The van der Waals surface area contributed by atoms with Gasteiger partial charge in [-0.25, -0.2) is 0 Å². The Bertz CT molecular complexity index is 456. The number of aliphatic hydroxyl groups excluding tert-OH is 1. The number of benzene rings is 1. The molecule has 0 spiro atoms. The molecule has 5 heteroatoms. The highest BCUT2D eigenvalue weighted by Crippen LogP contribution is 2.20. The summed E-state index contributed by atoms with van der Waals surface area (Å²) in [7, 11) is 0. The number of carboxylic acids is 1. The van der Waals surface area contributed by atoms with Crippen molar-refractivity contribution in [2.24, 2.45) is 5.41 Å².